The van der Waals surface area contributed by atoms with Gasteiger partial charge in [0.2, 0.25) is 0 Å². The highest BCUT2D eigenvalue weighted by Crippen LogP contribution is 2.34. The Bertz CT molecular complexity index is 548. The van der Waals surface area contributed by atoms with Gasteiger partial charge in [0, 0.05) is 13.8 Å². The second-order valence-electron chi connectivity index (χ2n) is 4.07. The molecule has 0 saturated carbocycles. The molecule has 0 aliphatic heterocycles. The number of hydrogen-bond donors (Lipinski definition) is 1. The van der Waals surface area contributed by atoms with Crippen molar-refractivity contribution in [2.24, 2.45) is 5.73 Å². The Morgan fingerprint density at radius 1 is 1.12 bits per heavy atom. The van der Waals surface area contributed by atoms with Crippen molar-refractivity contribution < 1.29 is 0 Å². The smallest absolute Gasteiger partial charge is 0.0660 e. The molecular weight excluding hydrogens is 362 g/mol. The predicted octanol–water partition coefficient (Wildman–Crippen LogP) is 4.94. The van der Waals surface area contributed by atoms with Gasteiger partial charge < -0.3 is 5.73 Å². The molecular formula is C13H13Br2NS. The highest BCUT2D eigenvalue weighted by atomic mass is 79.9. The van der Waals surface area contributed by atoms with E-state index in [1.807, 2.05) is 0 Å². The molecule has 2 rings (SSSR count). The van der Waals surface area contributed by atoms with Crippen molar-refractivity contribution in [2.45, 2.75) is 19.9 Å². The van der Waals surface area contributed by atoms with Crippen LogP contribution < -0.4 is 5.73 Å². The van der Waals surface area contributed by atoms with E-state index >= 15 is 0 Å². The molecule has 90 valence electrons. The topological polar surface area (TPSA) is 26.0 Å². The van der Waals surface area contributed by atoms with Gasteiger partial charge in [0.25, 0.3) is 0 Å². The van der Waals surface area contributed by atoms with Gasteiger partial charge in [0.15, 0.2) is 0 Å². The zero-order valence-electron chi connectivity index (χ0n) is 9.63. The molecule has 1 heterocycles. The van der Waals surface area contributed by atoms with Gasteiger partial charge in [-0.15, -0.1) is 11.3 Å². The van der Waals surface area contributed by atoms with E-state index < -0.39 is 0 Å². The van der Waals surface area contributed by atoms with E-state index in [0.29, 0.717) is 0 Å². The van der Waals surface area contributed by atoms with Crippen LogP contribution in [0.3, 0.4) is 0 Å². The van der Waals surface area contributed by atoms with E-state index in [0.717, 1.165) is 14.5 Å². The Balaban J connectivity index is 2.48. The number of hydrogen-bond acceptors (Lipinski definition) is 2. The van der Waals surface area contributed by atoms with E-state index in [4.69, 9.17) is 5.73 Å². The molecule has 0 aliphatic carbocycles. The molecule has 1 aromatic heterocycles. The van der Waals surface area contributed by atoms with Crippen molar-refractivity contribution in [2.75, 3.05) is 0 Å². The molecule has 4 heteroatoms. The normalized spacial score (nSPS) is 12.8. The summed E-state index contributed by atoms with van der Waals surface area (Å²) in [4.78, 5) is 1.22. The quantitative estimate of drug-likeness (QED) is 0.791. The summed E-state index contributed by atoms with van der Waals surface area (Å²) in [7, 11) is 0. The average molecular weight is 375 g/mol. The minimum absolute atomic E-state index is 0.0683. The molecule has 2 aromatic rings. The highest BCUT2D eigenvalue weighted by molar-refractivity contribution is 9.11. The predicted molar refractivity (Wildman–Crippen MR) is 81.7 cm³/mol. The summed E-state index contributed by atoms with van der Waals surface area (Å²) in [6.07, 6.45) is 0. The molecule has 17 heavy (non-hydrogen) atoms. The van der Waals surface area contributed by atoms with Crippen molar-refractivity contribution >= 4 is 43.2 Å². The number of rotatable bonds is 2. The van der Waals surface area contributed by atoms with E-state index in [2.05, 4.69) is 69.3 Å². The van der Waals surface area contributed by atoms with Crippen molar-refractivity contribution in [3.63, 3.8) is 0 Å². The lowest BCUT2D eigenvalue weighted by Gasteiger charge is -2.15. The molecule has 0 spiro atoms. The zero-order chi connectivity index (χ0) is 12.6. The van der Waals surface area contributed by atoms with E-state index in [1.54, 1.807) is 11.3 Å². The minimum atomic E-state index is -0.0683. The van der Waals surface area contributed by atoms with Crippen LogP contribution in [-0.2, 0) is 0 Å². The Morgan fingerprint density at radius 3 is 2.41 bits per heavy atom. The first-order valence-electron chi connectivity index (χ1n) is 5.26. The van der Waals surface area contributed by atoms with E-state index in [9.17, 15) is 0 Å². The molecule has 1 unspecified atom stereocenters. The van der Waals surface area contributed by atoms with E-state index in [1.165, 1.54) is 16.0 Å². The first-order chi connectivity index (χ1) is 8.00. The van der Waals surface area contributed by atoms with Gasteiger partial charge in [-0.2, -0.15) is 0 Å². The van der Waals surface area contributed by atoms with Crippen molar-refractivity contribution in [3.8, 4) is 0 Å². The molecule has 0 amide bonds. The molecule has 1 atom stereocenters. The monoisotopic (exact) mass is 373 g/mol. The molecule has 1 nitrogen and oxygen atoms in total. The average Bonchev–Trinajstić information content (AvgIpc) is 2.69. The lowest BCUT2D eigenvalue weighted by Crippen LogP contribution is -2.12. The maximum Gasteiger partial charge on any atom is 0.0660 e. The molecule has 0 bridgehead atoms. The van der Waals surface area contributed by atoms with Gasteiger partial charge in [-0.25, -0.2) is 0 Å². The Labute approximate surface area is 122 Å². The first-order valence-corrected chi connectivity index (χ1v) is 7.72. The lowest BCUT2D eigenvalue weighted by atomic mass is 10.0. The van der Waals surface area contributed by atoms with E-state index in [-0.39, 0.29) is 6.04 Å². The maximum atomic E-state index is 6.34. The minimum Gasteiger partial charge on any atom is -0.320 e. The van der Waals surface area contributed by atoms with Gasteiger partial charge in [0.05, 0.1) is 6.04 Å². The Hall–Kier alpha value is -0.160. The molecule has 2 N–H and O–H groups in total. The Kier molecular flexibility index (Phi) is 4.08. The van der Waals surface area contributed by atoms with Crippen LogP contribution in [0.15, 0.2) is 32.5 Å². The summed E-state index contributed by atoms with van der Waals surface area (Å²) in [5.74, 6) is 0. The number of halogens is 2. The van der Waals surface area contributed by atoms with Crippen LogP contribution >= 0.6 is 43.2 Å². The highest BCUT2D eigenvalue weighted by Gasteiger charge is 2.16. The van der Waals surface area contributed by atoms with Crippen LogP contribution in [0.2, 0.25) is 0 Å². The second kappa shape index (κ2) is 5.22. The van der Waals surface area contributed by atoms with Gasteiger partial charge in [-0.3, -0.25) is 0 Å². The lowest BCUT2D eigenvalue weighted by molar-refractivity contribution is 0.877. The summed E-state index contributed by atoms with van der Waals surface area (Å²) in [6, 6.07) is 6.24. The van der Waals surface area contributed by atoms with Crippen molar-refractivity contribution in [1.82, 2.24) is 0 Å². The number of aryl methyl sites for hydroxylation is 2. The largest absolute Gasteiger partial charge is 0.320 e. The fourth-order valence-electron chi connectivity index (χ4n) is 1.74. The zero-order valence-corrected chi connectivity index (χ0v) is 13.6. The molecule has 0 saturated heterocycles. The summed E-state index contributed by atoms with van der Waals surface area (Å²) in [5.41, 5.74) is 9.92. The van der Waals surface area contributed by atoms with Crippen LogP contribution in [0, 0.1) is 13.8 Å². The molecule has 0 aliphatic rings. The van der Waals surface area contributed by atoms with Crippen LogP contribution in [0.25, 0.3) is 0 Å². The SMILES string of the molecule is Cc1cc(Br)c(C(N)c2sccc2C)cc1Br. The first kappa shape index (κ1) is 13.3. The number of benzene rings is 1. The van der Waals surface area contributed by atoms with Gasteiger partial charge in [0.1, 0.15) is 0 Å². The van der Waals surface area contributed by atoms with Crippen LogP contribution in [0.5, 0.6) is 0 Å². The summed E-state index contributed by atoms with van der Waals surface area (Å²) in [5, 5.41) is 2.08. The second-order valence-corrected chi connectivity index (χ2v) is 6.72. The number of nitrogens with two attached hydrogens (primary N) is 1. The Morgan fingerprint density at radius 2 is 1.82 bits per heavy atom. The van der Waals surface area contributed by atoms with Crippen LogP contribution in [-0.4, -0.2) is 0 Å². The van der Waals surface area contributed by atoms with Crippen LogP contribution in [0.4, 0.5) is 0 Å². The van der Waals surface area contributed by atoms with Crippen molar-refractivity contribution in [3.05, 3.63) is 54.1 Å². The summed E-state index contributed by atoms with van der Waals surface area (Å²) < 4.78 is 2.17. The fraction of sp³-hybridized carbons (Fsp3) is 0.231. The third kappa shape index (κ3) is 2.65. The van der Waals surface area contributed by atoms with Gasteiger partial charge in [-0.1, -0.05) is 31.9 Å². The third-order valence-corrected chi connectivity index (χ3v) is 5.44. The van der Waals surface area contributed by atoms with Crippen molar-refractivity contribution in [1.29, 1.82) is 0 Å². The molecule has 1 aromatic carbocycles. The fourth-order valence-corrected chi connectivity index (χ4v) is 3.76. The number of thiophene rings is 1. The molecule has 0 radical (unpaired) electrons. The molecule has 0 fully saturated rings. The third-order valence-electron chi connectivity index (χ3n) is 2.80. The maximum absolute atomic E-state index is 6.34. The van der Waals surface area contributed by atoms with Gasteiger partial charge >= 0.3 is 0 Å². The standard InChI is InChI=1S/C13H13Br2NS/c1-7-3-4-17-13(7)12(16)9-6-10(14)8(2)5-11(9)15/h3-6,12H,16H2,1-2H3. The van der Waals surface area contributed by atoms with Gasteiger partial charge in [-0.05, 0) is 54.1 Å². The summed E-state index contributed by atoms with van der Waals surface area (Å²) >= 11 is 8.86. The van der Waals surface area contributed by atoms with Crippen LogP contribution in [0.1, 0.15) is 27.6 Å². The summed E-state index contributed by atoms with van der Waals surface area (Å²) in [6.45, 7) is 4.17.